The standard InChI is InChI=1S/C10H14Br2OS/c1-3-4-6(2)9(13)8-5-7(11)10(12)14-8/h5-6,9,13H,3-4H2,1-2H3. The van der Waals surface area contributed by atoms with Gasteiger partial charge in [-0.25, -0.2) is 0 Å². The lowest BCUT2D eigenvalue weighted by Gasteiger charge is -2.16. The molecule has 1 nitrogen and oxygen atoms in total. The van der Waals surface area contributed by atoms with Crippen molar-refractivity contribution in [3.63, 3.8) is 0 Å². The number of aliphatic hydroxyl groups excluding tert-OH is 1. The summed E-state index contributed by atoms with van der Waals surface area (Å²) in [6.07, 6.45) is 1.85. The van der Waals surface area contributed by atoms with Crippen molar-refractivity contribution in [1.29, 1.82) is 0 Å². The summed E-state index contributed by atoms with van der Waals surface area (Å²) in [6.45, 7) is 4.24. The van der Waals surface area contributed by atoms with E-state index in [0.717, 1.165) is 26.0 Å². The SMILES string of the molecule is CCCC(C)C(O)c1cc(Br)c(Br)s1. The van der Waals surface area contributed by atoms with Crippen molar-refractivity contribution in [2.75, 3.05) is 0 Å². The molecule has 0 saturated heterocycles. The van der Waals surface area contributed by atoms with Crippen molar-refractivity contribution < 1.29 is 5.11 Å². The first-order chi connectivity index (χ1) is 6.56. The van der Waals surface area contributed by atoms with Crippen LogP contribution in [-0.2, 0) is 0 Å². The molecule has 80 valence electrons. The molecule has 1 aromatic heterocycles. The highest BCUT2D eigenvalue weighted by molar-refractivity contribution is 9.13. The molecule has 14 heavy (non-hydrogen) atoms. The summed E-state index contributed by atoms with van der Waals surface area (Å²) >= 11 is 8.45. The number of hydrogen-bond donors (Lipinski definition) is 1. The van der Waals surface area contributed by atoms with Crippen LogP contribution in [0.25, 0.3) is 0 Å². The third-order valence-corrected chi connectivity index (χ3v) is 5.57. The third-order valence-electron chi connectivity index (χ3n) is 2.24. The van der Waals surface area contributed by atoms with Crippen LogP contribution in [0.2, 0.25) is 0 Å². The second-order valence-corrected chi connectivity index (χ2v) is 6.74. The Labute approximate surface area is 106 Å². The molecule has 0 bridgehead atoms. The number of thiophene rings is 1. The highest BCUT2D eigenvalue weighted by atomic mass is 79.9. The molecule has 1 aromatic rings. The first kappa shape index (κ1) is 12.7. The van der Waals surface area contributed by atoms with Crippen molar-refractivity contribution in [3.8, 4) is 0 Å². The molecule has 0 aliphatic carbocycles. The first-order valence-electron chi connectivity index (χ1n) is 4.69. The minimum atomic E-state index is -0.331. The Balaban J connectivity index is 2.73. The Morgan fingerprint density at radius 3 is 2.57 bits per heavy atom. The molecule has 0 aromatic carbocycles. The summed E-state index contributed by atoms with van der Waals surface area (Å²) in [7, 11) is 0. The van der Waals surface area contributed by atoms with E-state index >= 15 is 0 Å². The zero-order chi connectivity index (χ0) is 10.7. The van der Waals surface area contributed by atoms with Gasteiger partial charge in [0.25, 0.3) is 0 Å². The summed E-state index contributed by atoms with van der Waals surface area (Å²) in [4.78, 5) is 1.03. The predicted molar refractivity (Wildman–Crippen MR) is 68.8 cm³/mol. The quantitative estimate of drug-likeness (QED) is 0.838. The monoisotopic (exact) mass is 340 g/mol. The summed E-state index contributed by atoms with van der Waals surface area (Å²) in [5.41, 5.74) is 0. The first-order valence-corrected chi connectivity index (χ1v) is 7.09. The predicted octanol–water partition coefficient (Wildman–Crippen LogP) is 4.74. The number of aliphatic hydroxyl groups is 1. The summed E-state index contributed by atoms with van der Waals surface area (Å²) in [5, 5.41) is 10.0. The number of hydrogen-bond acceptors (Lipinski definition) is 2. The highest BCUT2D eigenvalue weighted by Crippen LogP contribution is 2.38. The van der Waals surface area contributed by atoms with Gasteiger partial charge in [0.2, 0.25) is 0 Å². The molecule has 4 heteroatoms. The Kier molecular flexibility index (Phi) is 5.11. The Hall–Kier alpha value is 0.620. The summed E-state index contributed by atoms with van der Waals surface area (Å²) in [6, 6.07) is 1.99. The van der Waals surface area contributed by atoms with Crippen LogP contribution >= 0.6 is 43.2 Å². The lowest BCUT2D eigenvalue weighted by molar-refractivity contribution is 0.116. The normalized spacial score (nSPS) is 15.5. The molecule has 1 rings (SSSR count). The van der Waals surface area contributed by atoms with E-state index in [-0.39, 0.29) is 6.10 Å². The Morgan fingerprint density at radius 1 is 1.50 bits per heavy atom. The van der Waals surface area contributed by atoms with Crippen LogP contribution in [0.1, 0.15) is 37.7 Å². The molecule has 2 unspecified atom stereocenters. The van der Waals surface area contributed by atoms with Gasteiger partial charge in [0.05, 0.1) is 9.89 Å². The largest absolute Gasteiger partial charge is 0.387 e. The van der Waals surface area contributed by atoms with Gasteiger partial charge < -0.3 is 5.11 Å². The van der Waals surface area contributed by atoms with Gasteiger partial charge in [-0.2, -0.15) is 0 Å². The van der Waals surface area contributed by atoms with Gasteiger partial charge in [0, 0.05) is 9.35 Å². The maximum Gasteiger partial charge on any atom is 0.0908 e. The van der Waals surface area contributed by atoms with Gasteiger partial charge in [-0.05, 0) is 50.3 Å². The lowest BCUT2D eigenvalue weighted by atomic mass is 9.98. The fourth-order valence-corrected chi connectivity index (χ4v) is 3.61. The molecule has 0 spiro atoms. The van der Waals surface area contributed by atoms with E-state index in [2.05, 4.69) is 45.7 Å². The number of rotatable bonds is 4. The average molecular weight is 342 g/mol. The van der Waals surface area contributed by atoms with Gasteiger partial charge in [0.15, 0.2) is 0 Å². The van der Waals surface area contributed by atoms with Crippen molar-refractivity contribution in [2.45, 2.75) is 32.8 Å². The topological polar surface area (TPSA) is 20.2 Å². The van der Waals surface area contributed by atoms with Crippen LogP contribution in [-0.4, -0.2) is 5.11 Å². The fraction of sp³-hybridized carbons (Fsp3) is 0.600. The maximum absolute atomic E-state index is 10.0. The van der Waals surface area contributed by atoms with Gasteiger partial charge in [0.1, 0.15) is 0 Å². The van der Waals surface area contributed by atoms with Crippen LogP contribution in [0, 0.1) is 5.92 Å². The van der Waals surface area contributed by atoms with Gasteiger partial charge in [-0.1, -0.05) is 20.3 Å². The zero-order valence-electron chi connectivity index (χ0n) is 8.26. The molecule has 0 saturated carbocycles. The molecular formula is C10H14Br2OS. The van der Waals surface area contributed by atoms with Crippen molar-refractivity contribution in [1.82, 2.24) is 0 Å². The van der Waals surface area contributed by atoms with E-state index in [9.17, 15) is 5.11 Å². The van der Waals surface area contributed by atoms with Gasteiger partial charge in [-0.3, -0.25) is 0 Å². The van der Waals surface area contributed by atoms with Gasteiger partial charge in [-0.15, -0.1) is 11.3 Å². The Bertz CT molecular complexity index is 279. The highest BCUT2D eigenvalue weighted by Gasteiger charge is 2.18. The molecule has 1 N–H and O–H groups in total. The molecule has 2 atom stereocenters. The lowest BCUT2D eigenvalue weighted by Crippen LogP contribution is -2.07. The molecule has 1 heterocycles. The summed E-state index contributed by atoms with van der Waals surface area (Å²) in [5.74, 6) is 0.331. The van der Waals surface area contributed by atoms with Crippen LogP contribution in [0.15, 0.2) is 14.3 Å². The van der Waals surface area contributed by atoms with E-state index in [1.54, 1.807) is 11.3 Å². The molecule has 0 amide bonds. The maximum atomic E-state index is 10.0. The van der Waals surface area contributed by atoms with Crippen molar-refractivity contribution in [3.05, 3.63) is 19.2 Å². The summed E-state index contributed by atoms with van der Waals surface area (Å²) < 4.78 is 2.08. The minimum absolute atomic E-state index is 0.331. The second-order valence-electron chi connectivity index (χ2n) is 3.48. The molecule has 0 radical (unpaired) electrons. The van der Waals surface area contributed by atoms with E-state index in [0.29, 0.717) is 5.92 Å². The van der Waals surface area contributed by atoms with Crippen LogP contribution in [0.5, 0.6) is 0 Å². The third kappa shape index (κ3) is 3.05. The fourth-order valence-electron chi connectivity index (χ4n) is 1.40. The minimum Gasteiger partial charge on any atom is -0.387 e. The smallest absolute Gasteiger partial charge is 0.0908 e. The molecular weight excluding hydrogens is 328 g/mol. The second kappa shape index (κ2) is 5.64. The Morgan fingerprint density at radius 2 is 2.14 bits per heavy atom. The van der Waals surface area contributed by atoms with E-state index in [1.807, 2.05) is 6.07 Å². The van der Waals surface area contributed by atoms with Gasteiger partial charge >= 0.3 is 0 Å². The number of halogens is 2. The van der Waals surface area contributed by atoms with Crippen molar-refractivity contribution >= 4 is 43.2 Å². The average Bonchev–Trinajstić information content (AvgIpc) is 2.46. The van der Waals surface area contributed by atoms with E-state index in [4.69, 9.17) is 0 Å². The van der Waals surface area contributed by atoms with E-state index < -0.39 is 0 Å². The van der Waals surface area contributed by atoms with Crippen LogP contribution in [0.4, 0.5) is 0 Å². The van der Waals surface area contributed by atoms with Crippen LogP contribution in [0.3, 0.4) is 0 Å². The van der Waals surface area contributed by atoms with Crippen LogP contribution < -0.4 is 0 Å². The zero-order valence-corrected chi connectivity index (χ0v) is 12.2. The van der Waals surface area contributed by atoms with E-state index in [1.165, 1.54) is 0 Å². The molecule has 0 fully saturated rings. The molecule has 0 aliphatic rings. The molecule has 0 aliphatic heterocycles. The van der Waals surface area contributed by atoms with Crippen molar-refractivity contribution in [2.24, 2.45) is 5.92 Å².